The molecule has 0 aliphatic carbocycles. The lowest BCUT2D eigenvalue weighted by Crippen LogP contribution is -2.18. The lowest BCUT2D eigenvalue weighted by molar-refractivity contribution is 0.182. The van der Waals surface area contributed by atoms with Gasteiger partial charge in [-0.3, -0.25) is 14.4 Å². The average molecular weight is 249 g/mol. The van der Waals surface area contributed by atoms with Crippen LogP contribution in [-0.2, 0) is 13.7 Å². The first kappa shape index (κ1) is 14.2. The maximum absolute atomic E-state index is 11.0. The third kappa shape index (κ3) is 8.80. The van der Waals surface area contributed by atoms with Crippen molar-refractivity contribution in [1.82, 2.24) is 5.32 Å². The van der Waals surface area contributed by atoms with Gasteiger partial charge in [-0.05, 0) is 0 Å². The van der Waals surface area contributed by atoms with E-state index >= 15 is 0 Å². The van der Waals surface area contributed by atoms with Gasteiger partial charge in [0.05, 0.1) is 25.8 Å². The lowest BCUT2D eigenvalue weighted by atomic mass is 10.8. The minimum absolute atomic E-state index is 0.300. The van der Waals surface area contributed by atoms with E-state index in [0.29, 0.717) is 0 Å². The summed E-state index contributed by atoms with van der Waals surface area (Å²) in [6, 6.07) is 0. The molecular formula is C4H13NO7P2. The van der Waals surface area contributed by atoms with Gasteiger partial charge in [0, 0.05) is 0 Å². The van der Waals surface area contributed by atoms with Crippen molar-refractivity contribution >= 4 is 15.2 Å². The summed E-state index contributed by atoms with van der Waals surface area (Å²) in [5.41, 5.74) is 0. The van der Waals surface area contributed by atoms with Crippen molar-refractivity contribution in [1.29, 1.82) is 0 Å². The molecule has 0 bridgehead atoms. The number of rotatable bonds is 7. The fourth-order valence-electron chi connectivity index (χ4n) is 0.566. The fraction of sp³-hybridized carbons (Fsp3) is 1.00. The topological polar surface area (TPSA) is 136 Å². The SMILES string of the molecule is O=P(O)(O)CNCP(=O)(O)OCCO. The second-order valence-electron chi connectivity index (χ2n) is 2.43. The maximum atomic E-state index is 11.0. The van der Waals surface area contributed by atoms with Gasteiger partial charge < -0.3 is 24.3 Å². The van der Waals surface area contributed by atoms with Crippen molar-refractivity contribution in [3.8, 4) is 0 Å². The van der Waals surface area contributed by atoms with Crippen LogP contribution >= 0.6 is 15.2 Å². The Bertz CT molecular complexity index is 250. The monoisotopic (exact) mass is 249 g/mol. The molecule has 0 aromatic carbocycles. The van der Waals surface area contributed by atoms with Gasteiger partial charge in [-0.2, -0.15) is 0 Å². The van der Waals surface area contributed by atoms with Gasteiger partial charge in [0.25, 0.3) is 0 Å². The molecule has 5 N–H and O–H groups in total. The van der Waals surface area contributed by atoms with Crippen LogP contribution in [0.25, 0.3) is 0 Å². The van der Waals surface area contributed by atoms with Gasteiger partial charge >= 0.3 is 15.2 Å². The Morgan fingerprint density at radius 1 is 1.14 bits per heavy atom. The van der Waals surface area contributed by atoms with Crippen molar-refractivity contribution in [3.63, 3.8) is 0 Å². The molecule has 14 heavy (non-hydrogen) atoms. The summed E-state index contributed by atoms with van der Waals surface area (Å²) < 4.78 is 25.6. The predicted octanol–water partition coefficient (Wildman–Crippen LogP) is -1.14. The van der Waals surface area contributed by atoms with E-state index in [1.807, 2.05) is 0 Å². The smallest absolute Gasteiger partial charge is 0.341 e. The largest absolute Gasteiger partial charge is 0.394 e. The summed E-state index contributed by atoms with van der Waals surface area (Å²) in [5, 5.41) is 10.4. The number of nitrogens with one attached hydrogen (secondary N) is 1. The quantitative estimate of drug-likeness (QED) is 0.357. The zero-order valence-corrected chi connectivity index (χ0v) is 9.03. The van der Waals surface area contributed by atoms with Crippen LogP contribution in [0.4, 0.5) is 0 Å². The molecule has 0 saturated heterocycles. The molecule has 1 unspecified atom stereocenters. The highest BCUT2D eigenvalue weighted by atomic mass is 31.2. The third-order valence-corrected chi connectivity index (χ3v) is 2.86. The van der Waals surface area contributed by atoms with Gasteiger partial charge in [0.2, 0.25) is 0 Å². The molecule has 8 nitrogen and oxygen atoms in total. The summed E-state index contributed by atoms with van der Waals surface area (Å²) in [6.07, 6.45) is -1.27. The first-order chi connectivity index (χ1) is 6.27. The zero-order chi connectivity index (χ0) is 11.2. The average Bonchev–Trinajstić information content (AvgIpc) is 1.98. The summed E-state index contributed by atoms with van der Waals surface area (Å²) in [4.78, 5) is 25.7. The van der Waals surface area contributed by atoms with Crippen LogP contribution in [0, 0.1) is 0 Å². The third-order valence-electron chi connectivity index (χ3n) is 1.01. The number of aliphatic hydroxyl groups is 1. The van der Waals surface area contributed by atoms with Gasteiger partial charge in [-0.25, -0.2) is 0 Å². The molecule has 0 aromatic rings. The van der Waals surface area contributed by atoms with E-state index in [0.717, 1.165) is 0 Å². The Balaban J connectivity index is 3.77. The Morgan fingerprint density at radius 3 is 2.14 bits per heavy atom. The first-order valence-corrected chi connectivity index (χ1v) is 7.15. The highest BCUT2D eigenvalue weighted by Gasteiger charge is 2.20. The van der Waals surface area contributed by atoms with E-state index in [9.17, 15) is 9.13 Å². The van der Waals surface area contributed by atoms with Crippen LogP contribution in [0.3, 0.4) is 0 Å². The second kappa shape index (κ2) is 5.95. The normalized spacial score (nSPS) is 16.6. The summed E-state index contributed by atoms with van der Waals surface area (Å²) in [5.74, 6) is 0. The molecule has 0 spiro atoms. The minimum Gasteiger partial charge on any atom is -0.394 e. The number of aliphatic hydroxyl groups excluding tert-OH is 1. The molecule has 0 rings (SSSR count). The van der Waals surface area contributed by atoms with E-state index in [1.54, 1.807) is 0 Å². The van der Waals surface area contributed by atoms with E-state index in [2.05, 4.69) is 9.84 Å². The van der Waals surface area contributed by atoms with Crippen LogP contribution in [0.5, 0.6) is 0 Å². The highest BCUT2D eigenvalue weighted by Crippen LogP contribution is 2.41. The molecule has 10 heteroatoms. The molecule has 0 radical (unpaired) electrons. The molecule has 86 valence electrons. The predicted molar refractivity (Wildman–Crippen MR) is 47.8 cm³/mol. The van der Waals surface area contributed by atoms with Crippen molar-refractivity contribution in [2.45, 2.75) is 0 Å². The number of hydrogen-bond donors (Lipinski definition) is 5. The van der Waals surface area contributed by atoms with Crippen LogP contribution in [-0.4, -0.2) is 45.6 Å². The van der Waals surface area contributed by atoms with Crippen molar-refractivity contribution in [3.05, 3.63) is 0 Å². The van der Waals surface area contributed by atoms with E-state index in [4.69, 9.17) is 19.8 Å². The Morgan fingerprint density at radius 2 is 1.71 bits per heavy atom. The van der Waals surface area contributed by atoms with E-state index < -0.39 is 34.4 Å². The molecule has 0 aliphatic rings. The highest BCUT2D eigenvalue weighted by molar-refractivity contribution is 7.53. The molecular weight excluding hydrogens is 236 g/mol. The van der Waals surface area contributed by atoms with Crippen molar-refractivity contribution < 1.29 is 33.4 Å². The molecule has 0 fully saturated rings. The molecule has 0 saturated carbocycles. The van der Waals surface area contributed by atoms with E-state index in [1.165, 1.54) is 0 Å². The van der Waals surface area contributed by atoms with Gasteiger partial charge in [0.15, 0.2) is 0 Å². The van der Waals surface area contributed by atoms with Crippen LogP contribution in [0.2, 0.25) is 0 Å². The number of hydrogen-bond acceptors (Lipinski definition) is 5. The standard InChI is InChI=1S/C4H13NO7P2/c6-1-2-12-14(10,11)4-5-3-13(7,8)9/h5-6H,1-4H2,(H,10,11)(H2,7,8,9). The van der Waals surface area contributed by atoms with E-state index in [-0.39, 0.29) is 6.61 Å². The second-order valence-corrected chi connectivity index (χ2v) is 5.92. The Labute approximate surface area is 80.6 Å². The van der Waals surface area contributed by atoms with Crippen LogP contribution in [0.1, 0.15) is 0 Å². The fourth-order valence-corrected chi connectivity index (χ4v) is 2.00. The molecule has 0 aliphatic heterocycles. The molecule has 0 heterocycles. The van der Waals surface area contributed by atoms with Gasteiger partial charge in [-0.15, -0.1) is 0 Å². The Kier molecular flexibility index (Phi) is 6.04. The van der Waals surface area contributed by atoms with Crippen LogP contribution in [0.15, 0.2) is 0 Å². The molecule has 1 atom stereocenters. The van der Waals surface area contributed by atoms with Crippen molar-refractivity contribution in [2.24, 2.45) is 0 Å². The zero-order valence-electron chi connectivity index (χ0n) is 7.24. The van der Waals surface area contributed by atoms with Gasteiger partial charge in [-0.1, -0.05) is 0 Å². The van der Waals surface area contributed by atoms with Crippen LogP contribution < -0.4 is 5.32 Å². The molecule has 0 aromatic heterocycles. The summed E-state index contributed by atoms with van der Waals surface area (Å²) in [7, 11) is -8.14. The maximum Gasteiger partial charge on any atom is 0.341 e. The Hall–Kier alpha value is 0.220. The summed E-state index contributed by atoms with van der Waals surface area (Å²) in [6.45, 7) is -0.700. The van der Waals surface area contributed by atoms with Gasteiger partial charge in [0.1, 0.15) is 0 Å². The first-order valence-electron chi connectivity index (χ1n) is 3.59. The summed E-state index contributed by atoms with van der Waals surface area (Å²) >= 11 is 0. The lowest BCUT2D eigenvalue weighted by Gasteiger charge is -2.12. The minimum atomic E-state index is -4.23. The molecule has 0 amide bonds. The van der Waals surface area contributed by atoms with Crippen molar-refractivity contribution in [2.75, 3.05) is 25.8 Å².